The minimum Gasteiger partial charge on any atom is -0.343 e. The highest BCUT2D eigenvalue weighted by molar-refractivity contribution is 5.94. The number of aromatic nitrogens is 5. The number of carbonyl (C=O) groups is 1. The van der Waals surface area contributed by atoms with Gasteiger partial charge in [0.05, 0.1) is 18.3 Å². The first-order valence-electron chi connectivity index (χ1n) is 9.32. The molecule has 1 unspecified atom stereocenters. The molecule has 4 rings (SSSR count). The van der Waals surface area contributed by atoms with Crippen molar-refractivity contribution in [2.75, 3.05) is 0 Å². The Balaban J connectivity index is 1.50. The van der Waals surface area contributed by atoms with Crippen LogP contribution in [0.3, 0.4) is 0 Å². The van der Waals surface area contributed by atoms with E-state index in [9.17, 15) is 18.0 Å². The molecule has 2 aromatic carbocycles. The van der Waals surface area contributed by atoms with E-state index in [-0.39, 0.29) is 11.9 Å². The summed E-state index contributed by atoms with van der Waals surface area (Å²) >= 11 is 0. The van der Waals surface area contributed by atoms with Gasteiger partial charge in [0.1, 0.15) is 12.7 Å². The van der Waals surface area contributed by atoms with Crippen molar-refractivity contribution in [3.63, 3.8) is 0 Å². The standard InChI is InChI=1S/C21H17F3N6O/c22-21(23,24)19-10-11-30(28-19)17-8-6-16(7-9-17)20(31)27-18(12-29-14-25-13-26-29)15-4-2-1-3-5-15/h1-11,13-14,18H,12H2,(H,27,31). The number of carbonyl (C=O) groups excluding carboxylic acids is 1. The van der Waals surface area contributed by atoms with Crippen LogP contribution in [0.25, 0.3) is 5.69 Å². The lowest BCUT2D eigenvalue weighted by molar-refractivity contribution is -0.141. The van der Waals surface area contributed by atoms with Gasteiger partial charge in [0.15, 0.2) is 5.69 Å². The quantitative estimate of drug-likeness (QED) is 0.511. The summed E-state index contributed by atoms with van der Waals surface area (Å²) in [5.41, 5.74) is 0.702. The Hall–Kier alpha value is -3.95. The maximum Gasteiger partial charge on any atom is 0.435 e. The van der Waals surface area contributed by atoms with Crippen LogP contribution in [-0.4, -0.2) is 30.5 Å². The molecule has 0 saturated carbocycles. The fraction of sp³-hybridized carbons (Fsp3) is 0.143. The summed E-state index contributed by atoms with van der Waals surface area (Å²) in [5, 5.41) is 10.6. The highest BCUT2D eigenvalue weighted by atomic mass is 19.4. The number of amides is 1. The van der Waals surface area contributed by atoms with Crippen LogP contribution in [0.4, 0.5) is 13.2 Å². The third-order valence-electron chi connectivity index (χ3n) is 4.62. The summed E-state index contributed by atoms with van der Waals surface area (Å²) in [6.07, 6.45) is -0.304. The second kappa shape index (κ2) is 8.42. The van der Waals surface area contributed by atoms with Crippen molar-refractivity contribution in [3.8, 4) is 5.69 Å². The second-order valence-corrected chi connectivity index (χ2v) is 6.74. The molecule has 1 N–H and O–H groups in total. The van der Waals surface area contributed by atoms with E-state index in [0.29, 0.717) is 17.8 Å². The summed E-state index contributed by atoms with van der Waals surface area (Å²) in [5.74, 6) is -0.322. The van der Waals surface area contributed by atoms with Crippen LogP contribution in [-0.2, 0) is 12.7 Å². The van der Waals surface area contributed by atoms with Gasteiger partial charge in [0.25, 0.3) is 5.91 Å². The number of hydrogen-bond acceptors (Lipinski definition) is 4. The van der Waals surface area contributed by atoms with Gasteiger partial charge in [-0.2, -0.15) is 23.4 Å². The van der Waals surface area contributed by atoms with Crippen LogP contribution < -0.4 is 5.32 Å². The zero-order chi connectivity index (χ0) is 21.8. The maximum atomic E-state index is 12.8. The summed E-state index contributed by atoms with van der Waals surface area (Å²) in [6, 6.07) is 16.2. The van der Waals surface area contributed by atoms with Gasteiger partial charge < -0.3 is 5.32 Å². The minimum atomic E-state index is -4.51. The molecule has 0 fully saturated rings. The number of halogens is 3. The average molecular weight is 426 g/mol. The number of nitrogens with one attached hydrogen (secondary N) is 1. The summed E-state index contributed by atoms with van der Waals surface area (Å²) in [4.78, 5) is 16.7. The molecule has 0 bridgehead atoms. The number of rotatable bonds is 6. The third-order valence-corrected chi connectivity index (χ3v) is 4.62. The molecule has 1 amide bonds. The molecule has 158 valence electrons. The molecular weight excluding hydrogens is 409 g/mol. The summed E-state index contributed by atoms with van der Waals surface area (Å²) in [6.45, 7) is 0.390. The molecule has 0 saturated heterocycles. The number of benzene rings is 2. The molecule has 0 radical (unpaired) electrons. The molecule has 0 spiro atoms. The Morgan fingerprint density at radius 2 is 1.77 bits per heavy atom. The lowest BCUT2D eigenvalue weighted by Crippen LogP contribution is -2.31. The maximum absolute atomic E-state index is 12.8. The van der Waals surface area contributed by atoms with E-state index in [1.165, 1.54) is 36.8 Å². The van der Waals surface area contributed by atoms with Gasteiger partial charge in [-0.05, 0) is 35.9 Å². The van der Waals surface area contributed by atoms with Crippen molar-refractivity contribution in [3.05, 3.63) is 96.3 Å². The van der Waals surface area contributed by atoms with Gasteiger partial charge in [-0.1, -0.05) is 30.3 Å². The molecule has 2 heterocycles. The molecule has 0 aliphatic rings. The Bertz CT molecular complexity index is 1140. The molecule has 4 aromatic rings. The molecule has 1 atom stereocenters. The Kier molecular flexibility index (Phi) is 5.52. The van der Waals surface area contributed by atoms with E-state index in [4.69, 9.17) is 0 Å². The van der Waals surface area contributed by atoms with Crippen LogP contribution in [0, 0.1) is 0 Å². The number of hydrogen-bond donors (Lipinski definition) is 1. The number of nitrogens with zero attached hydrogens (tertiary/aromatic N) is 5. The third kappa shape index (κ3) is 4.80. The topological polar surface area (TPSA) is 77.6 Å². The van der Waals surface area contributed by atoms with Crippen LogP contribution in [0.15, 0.2) is 79.5 Å². The van der Waals surface area contributed by atoms with Crippen molar-refractivity contribution < 1.29 is 18.0 Å². The molecule has 0 aliphatic heterocycles. The van der Waals surface area contributed by atoms with E-state index in [1.807, 2.05) is 30.3 Å². The predicted molar refractivity (Wildman–Crippen MR) is 105 cm³/mol. The average Bonchev–Trinajstić information content (AvgIpc) is 3.46. The minimum absolute atomic E-state index is 0.322. The molecule has 0 aliphatic carbocycles. The zero-order valence-corrected chi connectivity index (χ0v) is 16.1. The van der Waals surface area contributed by atoms with Crippen LogP contribution in [0.1, 0.15) is 27.7 Å². The number of alkyl halides is 3. The van der Waals surface area contributed by atoms with Crippen LogP contribution in [0.5, 0.6) is 0 Å². The first kappa shape index (κ1) is 20.3. The lowest BCUT2D eigenvalue weighted by Gasteiger charge is -2.19. The fourth-order valence-electron chi connectivity index (χ4n) is 3.06. The summed E-state index contributed by atoms with van der Waals surface area (Å²) in [7, 11) is 0. The smallest absolute Gasteiger partial charge is 0.343 e. The molecule has 10 heteroatoms. The normalized spacial score (nSPS) is 12.5. The van der Waals surface area contributed by atoms with Gasteiger partial charge in [-0.25, -0.2) is 9.67 Å². The van der Waals surface area contributed by atoms with E-state index in [1.54, 1.807) is 11.0 Å². The zero-order valence-electron chi connectivity index (χ0n) is 16.1. The van der Waals surface area contributed by atoms with E-state index < -0.39 is 11.9 Å². The first-order chi connectivity index (χ1) is 14.9. The largest absolute Gasteiger partial charge is 0.435 e. The van der Waals surface area contributed by atoms with E-state index in [2.05, 4.69) is 20.5 Å². The van der Waals surface area contributed by atoms with Crippen molar-refractivity contribution in [1.82, 2.24) is 29.9 Å². The van der Waals surface area contributed by atoms with Crippen molar-refractivity contribution in [1.29, 1.82) is 0 Å². The lowest BCUT2D eigenvalue weighted by atomic mass is 10.1. The Labute approximate surface area is 175 Å². The van der Waals surface area contributed by atoms with Gasteiger partial charge in [-0.15, -0.1) is 0 Å². The molecule has 31 heavy (non-hydrogen) atoms. The van der Waals surface area contributed by atoms with Crippen molar-refractivity contribution >= 4 is 5.91 Å². The molecular formula is C21H17F3N6O. The van der Waals surface area contributed by atoms with Crippen molar-refractivity contribution in [2.24, 2.45) is 0 Å². The van der Waals surface area contributed by atoms with Gasteiger partial charge in [-0.3, -0.25) is 9.48 Å². The van der Waals surface area contributed by atoms with Gasteiger partial charge in [0, 0.05) is 11.8 Å². The highest BCUT2D eigenvalue weighted by Crippen LogP contribution is 2.28. The van der Waals surface area contributed by atoms with E-state index in [0.717, 1.165) is 16.3 Å². The monoisotopic (exact) mass is 426 g/mol. The Morgan fingerprint density at radius 1 is 1.03 bits per heavy atom. The van der Waals surface area contributed by atoms with Gasteiger partial charge >= 0.3 is 6.18 Å². The Morgan fingerprint density at radius 3 is 2.39 bits per heavy atom. The fourth-order valence-corrected chi connectivity index (χ4v) is 3.06. The molecule has 7 nitrogen and oxygen atoms in total. The summed E-state index contributed by atoms with van der Waals surface area (Å²) < 4.78 is 41.0. The molecule has 2 aromatic heterocycles. The van der Waals surface area contributed by atoms with Crippen LogP contribution >= 0.6 is 0 Å². The highest BCUT2D eigenvalue weighted by Gasteiger charge is 2.33. The van der Waals surface area contributed by atoms with Crippen molar-refractivity contribution in [2.45, 2.75) is 18.8 Å². The first-order valence-corrected chi connectivity index (χ1v) is 9.32. The SMILES string of the molecule is O=C(NC(Cn1cncn1)c1ccccc1)c1ccc(-n2ccc(C(F)(F)F)n2)cc1. The van der Waals surface area contributed by atoms with E-state index >= 15 is 0 Å². The second-order valence-electron chi connectivity index (χ2n) is 6.74. The van der Waals surface area contributed by atoms with Gasteiger partial charge in [0.2, 0.25) is 0 Å². The van der Waals surface area contributed by atoms with Crippen LogP contribution in [0.2, 0.25) is 0 Å². The predicted octanol–water partition coefficient (Wildman–Crippen LogP) is 3.65.